The number of nitrogens with zero attached hydrogens (tertiary/aromatic N) is 1. The highest BCUT2D eigenvalue weighted by molar-refractivity contribution is 5.94. The highest BCUT2D eigenvalue weighted by Gasteiger charge is 2.22. The van der Waals surface area contributed by atoms with Gasteiger partial charge in [0.25, 0.3) is 5.91 Å². The molecule has 0 bridgehead atoms. The molecular weight excluding hydrogens is 232 g/mol. The largest absolute Gasteiger partial charge is 0.480 e. The van der Waals surface area contributed by atoms with Gasteiger partial charge in [-0.3, -0.25) is 14.9 Å². The number of carbonyl (C=O) groups excluding carboxylic acids is 1. The average Bonchev–Trinajstić information content (AvgIpc) is 2.74. The third-order valence-electron chi connectivity index (χ3n) is 2.01. The predicted octanol–water partition coefficient (Wildman–Crippen LogP) is 0.781. The van der Waals surface area contributed by atoms with E-state index in [0.29, 0.717) is 0 Å². The molecule has 0 aliphatic carbocycles. The van der Waals surface area contributed by atoms with Gasteiger partial charge in [0.15, 0.2) is 5.76 Å². The van der Waals surface area contributed by atoms with Crippen molar-refractivity contribution in [2.45, 2.75) is 19.4 Å². The smallest absolute Gasteiger partial charge is 0.433 e. The minimum Gasteiger partial charge on any atom is -0.480 e. The summed E-state index contributed by atoms with van der Waals surface area (Å²) in [6.45, 7) is 1.59. The van der Waals surface area contributed by atoms with Crippen molar-refractivity contribution in [2.75, 3.05) is 0 Å². The second-order valence-electron chi connectivity index (χ2n) is 3.17. The van der Waals surface area contributed by atoms with Crippen molar-refractivity contribution in [3.8, 4) is 0 Å². The molecule has 2 N–H and O–H groups in total. The number of nitro groups is 1. The van der Waals surface area contributed by atoms with Crippen LogP contribution in [0.5, 0.6) is 0 Å². The first-order valence-electron chi connectivity index (χ1n) is 4.73. The lowest BCUT2D eigenvalue weighted by atomic mass is 10.2. The molecule has 8 nitrogen and oxygen atoms in total. The molecule has 1 amide bonds. The van der Waals surface area contributed by atoms with Crippen molar-refractivity contribution in [3.05, 3.63) is 28.0 Å². The Morgan fingerprint density at radius 2 is 2.24 bits per heavy atom. The van der Waals surface area contributed by atoms with Gasteiger partial charge in [-0.15, -0.1) is 0 Å². The van der Waals surface area contributed by atoms with Crippen molar-refractivity contribution in [1.82, 2.24) is 5.32 Å². The lowest BCUT2D eigenvalue weighted by Crippen LogP contribution is -2.40. The summed E-state index contributed by atoms with van der Waals surface area (Å²) in [5.41, 5.74) is 0. The van der Waals surface area contributed by atoms with Gasteiger partial charge in [-0.05, 0) is 12.5 Å². The van der Waals surface area contributed by atoms with E-state index in [-0.39, 0.29) is 12.2 Å². The minimum atomic E-state index is -1.18. The van der Waals surface area contributed by atoms with E-state index in [1.54, 1.807) is 6.92 Å². The van der Waals surface area contributed by atoms with Crippen LogP contribution in [-0.2, 0) is 4.79 Å². The summed E-state index contributed by atoms with van der Waals surface area (Å²) in [6.07, 6.45) is 0.198. The number of nitrogens with one attached hydrogen (secondary N) is 1. The monoisotopic (exact) mass is 242 g/mol. The van der Waals surface area contributed by atoms with Gasteiger partial charge in [0.2, 0.25) is 0 Å². The highest BCUT2D eigenvalue weighted by atomic mass is 16.6. The Balaban J connectivity index is 2.75. The number of carboxylic acid groups (broad SMARTS) is 1. The van der Waals surface area contributed by atoms with Crippen LogP contribution >= 0.6 is 0 Å². The van der Waals surface area contributed by atoms with Crippen molar-refractivity contribution >= 4 is 17.8 Å². The van der Waals surface area contributed by atoms with E-state index in [0.717, 1.165) is 12.1 Å². The normalized spacial score (nSPS) is 11.8. The van der Waals surface area contributed by atoms with E-state index >= 15 is 0 Å². The van der Waals surface area contributed by atoms with Gasteiger partial charge >= 0.3 is 11.9 Å². The number of aliphatic carboxylic acids is 1. The molecule has 92 valence electrons. The number of amides is 1. The number of carbonyl (C=O) groups is 2. The van der Waals surface area contributed by atoms with E-state index in [9.17, 15) is 19.7 Å². The summed E-state index contributed by atoms with van der Waals surface area (Å²) in [6, 6.07) is 1.09. The van der Waals surface area contributed by atoms with Crippen molar-refractivity contribution < 1.29 is 24.0 Å². The molecule has 0 aromatic carbocycles. The molecule has 1 rings (SSSR count). The SMILES string of the molecule is CC[C@@H](NC(=O)c1ccc([N+](=O)[O-])o1)C(=O)O. The topological polar surface area (TPSA) is 123 Å². The molecule has 0 fully saturated rings. The summed E-state index contributed by atoms with van der Waals surface area (Å²) in [5, 5.41) is 21.2. The van der Waals surface area contributed by atoms with Gasteiger partial charge in [-0.25, -0.2) is 4.79 Å². The molecule has 8 heteroatoms. The van der Waals surface area contributed by atoms with Crippen LogP contribution in [0.2, 0.25) is 0 Å². The van der Waals surface area contributed by atoms with Crippen molar-refractivity contribution in [1.29, 1.82) is 0 Å². The molecule has 1 aromatic rings. The fraction of sp³-hybridized carbons (Fsp3) is 0.333. The summed E-state index contributed by atoms with van der Waals surface area (Å²) >= 11 is 0. The maximum atomic E-state index is 11.5. The van der Waals surface area contributed by atoms with Gasteiger partial charge in [-0.2, -0.15) is 0 Å². The zero-order valence-electron chi connectivity index (χ0n) is 8.87. The molecule has 0 saturated heterocycles. The average molecular weight is 242 g/mol. The van der Waals surface area contributed by atoms with E-state index in [1.807, 2.05) is 0 Å². The third-order valence-corrected chi connectivity index (χ3v) is 2.01. The van der Waals surface area contributed by atoms with E-state index < -0.39 is 28.7 Å². The van der Waals surface area contributed by atoms with Crippen LogP contribution < -0.4 is 5.32 Å². The molecule has 0 unspecified atom stereocenters. The zero-order valence-corrected chi connectivity index (χ0v) is 8.87. The first-order chi connectivity index (χ1) is 7.95. The fourth-order valence-electron chi connectivity index (χ4n) is 1.12. The number of rotatable bonds is 5. The Morgan fingerprint density at radius 3 is 2.65 bits per heavy atom. The summed E-state index contributed by atoms with van der Waals surface area (Å²) < 4.78 is 4.63. The standard InChI is InChI=1S/C9H10N2O6/c1-2-5(9(13)14)10-8(12)6-3-4-7(17-6)11(15)16/h3-5H,2H2,1H3,(H,10,12)(H,13,14)/t5-/m1/s1. The number of carboxylic acids is 1. The second kappa shape index (κ2) is 5.10. The number of hydrogen-bond acceptors (Lipinski definition) is 5. The molecule has 0 aliphatic heterocycles. The molecule has 0 spiro atoms. The molecule has 1 heterocycles. The van der Waals surface area contributed by atoms with Gasteiger partial charge in [0.05, 0.1) is 6.07 Å². The van der Waals surface area contributed by atoms with Crippen LogP contribution in [-0.4, -0.2) is 27.9 Å². The Labute approximate surface area is 95.4 Å². The second-order valence-corrected chi connectivity index (χ2v) is 3.17. The van der Waals surface area contributed by atoms with Crippen LogP contribution in [0.1, 0.15) is 23.9 Å². The number of furan rings is 1. The summed E-state index contributed by atoms with van der Waals surface area (Å²) in [7, 11) is 0. The first kappa shape index (κ1) is 12.7. The van der Waals surface area contributed by atoms with E-state index in [4.69, 9.17) is 5.11 Å². The molecule has 0 aliphatic rings. The third kappa shape index (κ3) is 3.03. The summed E-state index contributed by atoms with van der Waals surface area (Å²) in [5.74, 6) is -2.84. The zero-order chi connectivity index (χ0) is 13.0. The minimum absolute atomic E-state index is 0.198. The molecule has 1 atom stereocenters. The van der Waals surface area contributed by atoms with E-state index in [1.165, 1.54) is 0 Å². The Morgan fingerprint density at radius 1 is 1.59 bits per heavy atom. The quantitative estimate of drug-likeness (QED) is 0.581. The molecule has 0 radical (unpaired) electrons. The van der Waals surface area contributed by atoms with Crippen LogP contribution in [0.4, 0.5) is 5.88 Å². The van der Waals surface area contributed by atoms with Crippen LogP contribution in [0.25, 0.3) is 0 Å². The Kier molecular flexibility index (Phi) is 3.81. The first-order valence-corrected chi connectivity index (χ1v) is 4.73. The van der Waals surface area contributed by atoms with Gasteiger partial charge in [-0.1, -0.05) is 6.92 Å². The molecular formula is C9H10N2O6. The maximum Gasteiger partial charge on any atom is 0.433 e. The lowest BCUT2D eigenvalue weighted by molar-refractivity contribution is -0.402. The van der Waals surface area contributed by atoms with Crippen molar-refractivity contribution in [2.24, 2.45) is 0 Å². The maximum absolute atomic E-state index is 11.5. The van der Waals surface area contributed by atoms with Crippen molar-refractivity contribution in [3.63, 3.8) is 0 Å². The van der Waals surface area contributed by atoms with Gasteiger partial charge < -0.3 is 14.8 Å². The van der Waals surface area contributed by atoms with Gasteiger partial charge in [0.1, 0.15) is 11.0 Å². The van der Waals surface area contributed by atoms with Gasteiger partial charge in [0, 0.05) is 0 Å². The molecule has 1 aromatic heterocycles. The predicted molar refractivity (Wildman–Crippen MR) is 54.5 cm³/mol. The van der Waals surface area contributed by atoms with Crippen LogP contribution in [0, 0.1) is 10.1 Å². The lowest BCUT2D eigenvalue weighted by Gasteiger charge is -2.10. The Hall–Kier alpha value is -2.38. The summed E-state index contributed by atoms with van der Waals surface area (Å²) in [4.78, 5) is 31.6. The van der Waals surface area contributed by atoms with E-state index in [2.05, 4.69) is 9.73 Å². The van der Waals surface area contributed by atoms with Crippen LogP contribution in [0.15, 0.2) is 16.5 Å². The number of hydrogen-bond donors (Lipinski definition) is 2. The molecule has 0 saturated carbocycles. The fourth-order valence-corrected chi connectivity index (χ4v) is 1.12. The Bertz CT molecular complexity index is 452. The van der Waals surface area contributed by atoms with Crippen LogP contribution in [0.3, 0.4) is 0 Å². The highest BCUT2D eigenvalue weighted by Crippen LogP contribution is 2.15. The molecule has 17 heavy (non-hydrogen) atoms.